The molecule has 0 radical (unpaired) electrons. The van der Waals surface area contributed by atoms with Crippen molar-refractivity contribution in [2.45, 2.75) is 19.3 Å². The van der Waals surface area contributed by atoms with Crippen LogP contribution >= 0.6 is 0 Å². The van der Waals surface area contributed by atoms with Gasteiger partial charge < -0.3 is 15.0 Å². The van der Waals surface area contributed by atoms with Gasteiger partial charge in [0.1, 0.15) is 11.6 Å². The molecule has 2 aliphatic heterocycles. The van der Waals surface area contributed by atoms with E-state index in [1.807, 2.05) is 23.2 Å². The van der Waals surface area contributed by atoms with E-state index in [2.05, 4.69) is 34.0 Å². The lowest BCUT2D eigenvalue weighted by molar-refractivity contribution is -0.125. The number of aromatic nitrogens is 2. The number of anilines is 1. The van der Waals surface area contributed by atoms with Gasteiger partial charge in [-0.15, -0.1) is 0 Å². The lowest BCUT2D eigenvalue weighted by Crippen LogP contribution is -2.27. The van der Waals surface area contributed by atoms with Crippen LogP contribution in [-0.2, 0) is 11.2 Å². The van der Waals surface area contributed by atoms with Crippen LogP contribution in [0.25, 0.3) is 11.6 Å². The van der Waals surface area contributed by atoms with Gasteiger partial charge in [-0.3, -0.25) is 9.78 Å². The summed E-state index contributed by atoms with van der Waals surface area (Å²) in [6, 6.07) is 3.99. The molecule has 6 heteroatoms. The highest BCUT2D eigenvalue weighted by molar-refractivity contribution is 5.92. The molecule has 4 heterocycles. The van der Waals surface area contributed by atoms with Gasteiger partial charge in [0, 0.05) is 49.0 Å². The zero-order chi connectivity index (χ0) is 21.4. The van der Waals surface area contributed by atoms with Crippen molar-refractivity contribution in [3.8, 4) is 5.75 Å². The van der Waals surface area contributed by atoms with Gasteiger partial charge in [0.15, 0.2) is 0 Å². The first-order chi connectivity index (χ1) is 15.1. The van der Waals surface area contributed by atoms with E-state index in [0.29, 0.717) is 11.8 Å². The smallest absolute Gasteiger partial charge is 0.246 e. The molecule has 1 aliphatic carbocycles. The Labute approximate surface area is 182 Å². The first-order valence-corrected chi connectivity index (χ1v) is 10.7. The van der Waals surface area contributed by atoms with Crippen LogP contribution in [0.2, 0.25) is 0 Å². The molecule has 3 aliphatic rings. The number of nitrogens with one attached hydrogen (secondary N) is 1. The summed E-state index contributed by atoms with van der Waals surface area (Å²) >= 11 is 0. The fraction of sp³-hybridized carbons (Fsp3) is 0.320. The van der Waals surface area contributed by atoms with Gasteiger partial charge in [0.2, 0.25) is 5.91 Å². The second kappa shape index (κ2) is 8.02. The van der Waals surface area contributed by atoms with Crippen LogP contribution in [0.3, 0.4) is 0 Å². The molecule has 1 amide bonds. The van der Waals surface area contributed by atoms with Crippen LogP contribution in [-0.4, -0.2) is 41.0 Å². The third kappa shape index (κ3) is 3.85. The Morgan fingerprint density at radius 2 is 2.23 bits per heavy atom. The van der Waals surface area contributed by atoms with Gasteiger partial charge in [-0.2, -0.15) is 0 Å². The maximum absolute atomic E-state index is 12.8. The van der Waals surface area contributed by atoms with Gasteiger partial charge in [-0.05, 0) is 66.0 Å². The van der Waals surface area contributed by atoms with Crippen LogP contribution < -0.4 is 10.1 Å². The maximum atomic E-state index is 12.8. The van der Waals surface area contributed by atoms with Gasteiger partial charge in [0.25, 0.3) is 0 Å². The summed E-state index contributed by atoms with van der Waals surface area (Å²) in [5, 5.41) is 3.22. The maximum Gasteiger partial charge on any atom is 0.246 e. The predicted molar refractivity (Wildman–Crippen MR) is 121 cm³/mol. The normalized spacial score (nSPS) is 22.2. The predicted octanol–water partition coefficient (Wildman–Crippen LogP) is 3.93. The Morgan fingerprint density at radius 1 is 1.32 bits per heavy atom. The number of likely N-dealkylation sites (tertiary alicyclic amines) is 1. The second-order valence-electron chi connectivity index (χ2n) is 8.48. The summed E-state index contributed by atoms with van der Waals surface area (Å²) in [5.74, 6) is 2.64. The number of methoxy groups -OCH3 is 1. The van der Waals surface area contributed by atoms with Crippen molar-refractivity contribution in [2.24, 2.45) is 11.8 Å². The minimum Gasteiger partial charge on any atom is -0.496 e. The number of aryl methyl sites for hydroxylation is 1. The number of amides is 1. The van der Waals surface area contributed by atoms with Crippen molar-refractivity contribution in [1.29, 1.82) is 0 Å². The molecule has 2 aromatic heterocycles. The topological polar surface area (TPSA) is 67.4 Å². The quantitative estimate of drug-likeness (QED) is 0.768. The highest BCUT2D eigenvalue weighted by Gasteiger charge is 2.38. The van der Waals surface area contributed by atoms with Crippen molar-refractivity contribution >= 4 is 23.4 Å². The summed E-state index contributed by atoms with van der Waals surface area (Å²) in [6.07, 6.45) is 14.1. The van der Waals surface area contributed by atoms with E-state index in [1.165, 1.54) is 11.1 Å². The van der Waals surface area contributed by atoms with Crippen LogP contribution in [0.15, 0.2) is 55.2 Å². The highest BCUT2D eigenvalue weighted by Crippen LogP contribution is 2.43. The number of fused-ring (bicyclic) bond motifs is 2. The summed E-state index contributed by atoms with van der Waals surface area (Å²) in [7, 11) is 1.69. The molecule has 2 unspecified atom stereocenters. The van der Waals surface area contributed by atoms with E-state index in [4.69, 9.17) is 4.74 Å². The lowest BCUT2D eigenvalue weighted by atomic mass is 9.98. The van der Waals surface area contributed by atoms with Gasteiger partial charge in [-0.25, -0.2) is 4.98 Å². The van der Waals surface area contributed by atoms with E-state index in [0.717, 1.165) is 60.7 Å². The van der Waals surface area contributed by atoms with Crippen LogP contribution in [0.5, 0.6) is 5.75 Å². The molecule has 5 rings (SSSR count). The average Bonchev–Trinajstić information content (AvgIpc) is 3.37. The molecule has 2 aromatic rings. The second-order valence-corrected chi connectivity index (χ2v) is 8.48. The number of hydrogen-bond acceptors (Lipinski definition) is 5. The third-order valence-corrected chi connectivity index (χ3v) is 6.45. The van der Waals surface area contributed by atoms with Gasteiger partial charge >= 0.3 is 0 Å². The number of hydrogen-bond donors (Lipinski definition) is 1. The molecule has 0 aromatic carbocycles. The summed E-state index contributed by atoms with van der Waals surface area (Å²) < 4.78 is 5.49. The van der Waals surface area contributed by atoms with E-state index >= 15 is 0 Å². The molecule has 0 saturated carbocycles. The molecular formula is C25H26N4O2. The molecule has 1 N–H and O–H groups in total. The highest BCUT2D eigenvalue weighted by atomic mass is 16.5. The first-order valence-electron chi connectivity index (χ1n) is 10.7. The Balaban J connectivity index is 1.24. The molecular weight excluding hydrogens is 388 g/mol. The minimum absolute atomic E-state index is 0.0625. The summed E-state index contributed by atoms with van der Waals surface area (Å²) in [4.78, 5) is 23.5. The number of carbonyl (C=O) groups is 1. The zero-order valence-corrected chi connectivity index (χ0v) is 17.7. The Hall–Kier alpha value is -3.41. The number of ether oxygens (including phenoxy) is 1. The SMILES string of the molecule is C=C1CCc2cc(/C=C/C(=O)N3CC4C=C(c5cnccc5OC)CC4C3)cnc2N1. The molecule has 1 fully saturated rings. The Kier molecular flexibility index (Phi) is 5.06. The molecule has 1 saturated heterocycles. The molecule has 0 bridgehead atoms. The van der Waals surface area contributed by atoms with Crippen molar-refractivity contribution in [1.82, 2.24) is 14.9 Å². The van der Waals surface area contributed by atoms with Crippen molar-refractivity contribution in [3.05, 3.63) is 71.8 Å². The van der Waals surface area contributed by atoms with E-state index < -0.39 is 0 Å². The van der Waals surface area contributed by atoms with E-state index in [-0.39, 0.29) is 5.91 Å². The van der Waals surface area contributed by atoms with Gasteiger partial charge in [-0.1, -0.05) is 12.7 Å². The minimum atomic E-state index is 0.0625. The summed E-state index contributed by atoms with van der Waals surface area (Å²) in [5.41, 5.74) is 5.46. The van der Waals surface area contributed by atoms with Crippen LogP contribution in [0, 0.1) is 11.8 Å². The summed E-state index contributed by atoms with van der Waals surface area (Å²) in [6.45, 7) is 5.51. The van der Waals surface area contributed by atoms with E-state index in [9.17, 15) is 4.79 Å². The molecule has 31 heavy (non-hydrogen) atoms. The number of nitrogens with zero attached hydrogens (tertiary/aromatic N) is 3. The van der Waals surface area contributed by atoms with Crippen molar-refractivity contribution < 1.29 is 9.53 Å². The van der Waals surface area contributed by atoms with Crippen LogP contribution in [0.1, 0.15) is 29.5 Å². The fourth-order valence-corrected chi connectivity index (χ4v) is 4.80. The molecule has 6 nitrogen and oxygen atoms in total. The molecule has 158 valence electrons. The number of allylic oxidation sites excluding steroid dienone is 2. The monoisotopic (exact) mass is 414 g/mol. The molecule has 2 atom stereocenters. The zero-order valence-electron chi connectivity index (χ0n) is 17.7. The van der Waals surface area contributed by atoms with Crippen molar-refractivity contribution in [2.75, 3.05) is 25.5 Å². The largest absolute Gasteiger partial charge is 0.496 e. The molecule has 0 spiro atoms. The number of carbonyl (C=O) groups excluding carboxylic acids is 1. The number of pyridine rings is 2. The lowest BCUT2D eigenvalue weighted by Gasteiger charge is -2.19. The van der Waals surface area contributed by atoms with Crippen molar-refractivity contribution in [3.63, 3.8) is 0 Å². The van der Waals surface area contributed by atoms with Gasteiger partial charge in [0.05, 0.1) is 7.11 Å². The van der Waals surface area contributed by atoms with E-state index in [1.54, 1.807) is 25.6 Å². The standard InChI is InChI=1S/C25H26N4O2/c1-16-3-5-18-9-17(12-27-25(18)28-16)4-6-24(30)29-14-20-10-19(11-21(20)15-29)22-13-26-8-7-23(22)31-2/h4,6-10,12-13,20-21H,1,3,5,11,14-15H2,2H3,(H,27,28)/b6-4+. The third-order valence-electron chi connectivity index (χ3n) is 6.45. The fourth-order valence-electron chi connectivity index (χ4n) is 4.80. The number of rotatable bonds is 4. The Morgan fingerprint density at radius 3 is 3.06 bits per heavy atom. The van der Waals surface area contributed by atoms with Crippen LogP contribution in [0.4, 0.5) is 5.82 Å². The average molecular weight is 415 g/mol. The first kappa shape index (κ1) is 19.5. The Bertz CT molecular complexity index is 1100.